The van der Waals surface area contributed by atoms with Crippen LogP contribution in [0.25, 0.3) is 12.2 Å². The van der Waals surface area contributed by atoms with Crippen molar-refractivity contribution in [2.75, 3.05) is 0 Å². The first-order valence-electron chi connectivity index (χ1n) is 8.51. The molecule has 0 atom stereocenters. The largest absolute Gasteiger partial charge is 0.507 e. The number of hydrogen-bond donors (Lipinski definition) is 2. The number of halogens is 6. The Morgan fingerprint density at radius 2 is 1.03 bits per heavy atom. The van der Waals surface area contributed by atoms with Gasteiger partial charge in [0.15, 0.2) is 0 Å². The highest BCUT2D eigenvalue weighted by Gasteiger charge is 2.36. The normalized spacial score (nSPS) is 13.0. The number of hydrogen-bond acceptors (Lipinski definition) is 2. The predicted octanol–water partition coefficient (Wildman–Crippen LogP) is 6.79. The van der Waals surface area contributed by atoms with E-state index in [1.807, 2.05) is 0 Å². The number of allylic oxidation sites excluding steroid dienone is 2. The minimum absolute atomic E-state index is 0.0348. The van der Waals surface area contributed by atoms with Gasteiger partial charge in [-0.2, -0.15) is 26.3 Å². The summed E-state index contributed by atoms with van der Waals surface area (Å²) >= 11 is 0. The first-order valence-corrected chi connectivity index (χ1v) is 8.51. The van der Waals surface area contributed by atoms with Gasteiger partial charge < -0.3 is 10.2 Å². The Morgan fingerprint density at radius 1 is 0.690 bits per heavy atom. The van der Waals surface area contributed by atoms with Gasteiger partial charge in [0, 0.05) is 17.5 Å². The van der Waals surface area contributed by atoms with Gasteiger partial charge in [-0.1, -0.05) is 36.4 Å². The van der Waals surface area contributed by atoms with E-state index in [1.54, 1.807) is 0 Å². The fourth-order valence-corrected chi connectivity index (χ4v) is 2.96. The zero-order valence-electron chi connectivity index (χ0n) is 15.5. The molecule has 0 spiro atoms. The Kier molecular flexibility index (Phi) is 6.35. The number of rotatable bonds is 4. The molecule has 2 aromatic carbocycles. The first kappa shape index (κ1) is 22.4. The van der Waals surface area contributed by atoms with Crippen molar-refractivity contribution < 1.29 is 36.6 Å². The topological polar surface area (TPSA) is 40.5 Å². The maximum Gasteiger partial charge on any atom is 0.417 e. The van der Waals surface area contributed by atoms with Crippen LogP contribution in [0.1, 0.15) is 47.2 Å². The molecule has 2 rings (SSSR count). The third kappa shape index (κ3) is 4.75. The summed E-state index contributed by atoms with van der Waals surface area (Å²) in [7, 11) is 0. The highest BCUT2D eigenvalue weighted by Crippen LogP contribution is 2.41. The molecule has 0 unspecified atom stereocenters. The molecule has 29 heavy (non-hydrogen) atoms. The lowest BCUT2D eigenvalue weighted by atomic mass is 9.94. The molecule has 0 aliphatic carbocycles. The summed E-state index contributed by atoms with van der Waals surface area (Å²) in [6.45, 7) is 2.97. The second-order valence-electron chi connectivity index (χ2n) is 6.24. The van der Waals surface area contributed by atoms with E-state index in [1.165, 1.54) is 26.0 Å². The molecule has 2 nitrogen and oxygen atoms in total. The minimum atomic E-state index is -4.69. The quantitative estimate of drug-likeness (QED) is 0.539. The van der Waals surface area contributed by atoms with Crippen molar-refractivity contribution in [2.24, 2.45) is 0 Å². The maximum absolute atomic E-state index is 13.2. The molecule has 0 aliphatic heterocycles. The predicted molar refractivity (Wildman–Crippen MR) is 98.4 cm³/mol. The maximum atomic E-state index is 13.2. The molecule has 0 saturated carbocycles. The van der Waals surface area contributed by atoms with Gasteiger partial charge in [-0.3, -0.25) is 0 Å². The summed E-state index contributed by atoms with van der Waals surface area (Å²) in [5.41, 5.74) is -2.90. The summed E-state index contributed by atoms with van der Waals surface area (Å²) in [5.74, 6) is -1.30. The van der Waals surface area contributed by atoms with E-state index >= 15 is 0 Å². The molecule has 8 heteroatoms. The van der Waals surface area contributed by atoms with Crippen molar-refractivity contribution in [3.05, 3.63) is 69.8 Å². The molecule has 0 aromatic heterocycles. The second kappa shape index (κ2) is 8.23. The monoisotopic (exact) mass is 416 g/mol. The Hall–Kier alpha value is -2.90. The van der Waals surface area contributed by atoms with Crippen LogP contribution in [0.5, 0.6) is 11.5 Å². The molecule has 0 saturated heterocycles. The van der Waals surface area contributed by atoms with E-state index in [0.717, 1.165) is 36.4 Å². The van der Waals surface area contributed by atoms with Gasteiger partial charge in [-0.05, 0) is 37.1 Å². The van der Waals surface area contributed by atoms with Gasteiger partial charge in [0.1, 0.15) is 11.5 Å². The van der Waals surface area contributed by atoms with E-state index < -0.39 is 46.1 Å². The van der Waals surface area contributed by atoms with Crippen molar-refractivity contribution >= 4 is 12.2 Å². The Balaban J connectivity index is 2.60. The molecule has 2 N–H and O–H groups in total. The highest BCUT2D eigenvalue weighted by atomic mass is 19.4. The first-order chi connectivity index (χ1) is 13.4. The Labute approximate surface area is 163 Å². The van der Waals surface area contributed by atoms with E-state index in [2.05, 4.69) is 0 Å². The average Bonchev–Trinajstić information content (AvgIpc) is 2.60. The third-order valence-corrected chi connectivity index (χ3v) is 4.26. The standard InChI is InChI=1S/C21H18F6O2/c1-3-5-14-16(20(22,23)24)9-7-12(18(14)28)11-13-8-10-17(21(25,26)27)15(6-4-2)19(13)29/h3-10,28-29H,11H2,1-2H3. The smallest absolute Gasteiger partial charge is 0.417 e. The molecule has 0 radical (unpaired) electrons. The van der Waals surface area contributed by atoms with Crippen LogP contribution in [0.3, 0.4) is 0 Å². The van der Waals surface area contributed by atoms with Crippen LogP contribution >= 0.6 is 0 Å². The summed E-state index contributed by atoms with van der Waals surface area (Å²) in [5, 5.41) is 20.7. The molecule has 0 fully saturated rings. The Bertz CT molecular complexity index is 876. The number of phenolic OH excluding ortho intramolecular Hbond substituents is 2. The number of aromatic hydroxyl groups is 2. The van der Waals surface area contributed by atoms with Crippen molar-refractivity contribution in [1.82, 2.24) is 0 Å². The lowest BCUT2D eigenvalue weighted by Gasteiger charge is -2.17. The van der Waals surface area contributed by atoms with Crippen LogP contribution in [0, 0.1) is 0 Å². The zero-order valence-corrected chi connectivity index (χ0v) is 15.5. The van der Waals surface area contributed by atoms with Crippen molar-refractivity contribution in [3.8, 4) is 11.5 Å². The van der Waals surface area contributed by atoms with Gasteiger partial charge in [0.25, 0.3) is 0 Å². The molecule has 0 amide bonds. The van der Waals surface area contributed by atoms with Crippen LogP contribution < -0.4 is 0 Å². The summed E-state index contributed by atoms with van der Waals surface area (Å²) in [4.78, 5) is 0. The zero-order chi connectivity index (χ0) is 22.0. The fourth-order valence-electron chi connectivity index (χ4n) is 2.96. The lowest BCUT2D eigenvalue weighted by molar-refractivity contribution is -0.138. The van der Waals surface area contributed by atoms with Crippen LogP contribution in [0.4, 0.5) is 26.3 Å². The molecule has 2 aromatic rings. The van der Waals surface area contributed by atoms with E-state index in [4.69, 9.17) is 0 Å². The van der Waals surface area contributed by atoms with Gasteiger partial charge >= 0.3 is 12.4 Å². The number of phenols is 2. The molecular formula is C21H18F6O2. The molecule has 156 valence electrons. The van der Waals surface area contributed by atoms with E-state index in [0.29, 0.717) is 0 Å². The second-order valence-corrected chi connectivity index (χ2v) is 6.24. The van der Waals surface area contributed by atoms with Gasteiger partial charge in [-0.25, -0.2) is 0 Å². The average molecular weight is 416 g/mol. The van der Waals surface area contributed by atoms with Crippen LogP contribution in [-0.4, -0.2) is 10.2 Å². The number of benzene rings is 2. The molecule has 0 heterocycles. The summed E-state index contributed by atoms with van der Waals surface area (Å²) in [6, 6.07) is 3.66. The van der Waals surface area contributed by atoms with Gasteiger partial charge in [-0.15, -0.1) is 0 Å². The van der Waals surface area contributed by atoms with Crippen LogP contribution in [0.15, 0.2) is 36.4 Å². The van der Waals surface area contributed by atoms with Gasteiger partial charge in [0.2, 0.25) is 0 Å². The van der Waals surface area contributed by atoms with E-state index in [-0.39, 0.29) is 17.5 Å². The summed E-state index contributed by atoms with van der Waals surface area (Å²) in [6.07, 6.45) is -4.80. The fraction of sp³-hybridized carbons (Fsp3) is 0.238. The molecule has 0 aliphatic rings. The molecule has 0 bridgehead atoms. The Morgan fingerprint density at radius 3 is 1.31 bits per heavy atom. The van der Waals surface area contributed by atoms with Crippen LogP contribution in [0.2, 0.25) is 0 Å². The van der Waals surface area contributed by atoms with Crippen LogP contribution in [-0.2, 0) is 18.8 Å². The lowest BCUT2D eigenvalue weighted by Crippen LogP contribution is -2.09. The van der Waals surface area contributed by atoms with E-state index in [9.17, 15) is 36.6 Å². The minimum Gasteiger partial charge on any atom is -0.507 e. The third-order valence-electron chi connectivity index (χ3n) is 4.26. The number of alkyl halides is 6. The van der Waals surface area contributed by atoms with Gasteiger partial charge in [0.05, 0.1) is 11.1 Å². The summed E-state index contributed by atoms with van der Waals surface area (Å²) < 4.78 is 79.0. The van der Waals surface area contributed by atoms with Crippen molar-refractivity contribution in [1.29, 1.82) is 0 Å². The SMILES string of the molecule is CC=Cc1c(C(F)(F)F)ccc(Cc2ccc(C(F)(F)F)c(C=CC)c2O)c1O. The van der Waals surface area contributed by atoms with Crippen molar-refractivity contribution in [3.63, 3.8) is 0 Å². The molecular weight excluding hydrogens is 398 g/mol. The highest BCUT2D eigenvalue weighted by molar-refractivity contribution is 5.67. The van der Waals surface area contributed by atoms with Crippen molar-refractivity contribution in [2.45, 2.75) is 32.6 Å².